The van der Waals surface area contributed by atoms with Gasteiger partial charge in [0.15, 0.2) is 5.76 Å². The fourth-order valence-corrected chi connectivity index (χ4v) is 3.64. The van der Waals surface area contributed by atoms with Crippen LogP contribution < -0.4 is 10.1 Å². The topological polar surface area (TPSA) is 67.6 Å². The number of carbonyl (C=O) groups excluding carboxylic acids is 1. The van der Waals surface area contributed by atoms with E-state index in [9.17, 15) is 4.79 Å². The Balaban J connectivity index is 1.43. The summed E-state index contributed by atoms with van der Waals surface area (Å²) in [4.78, 5) is 14.5. The molecule has 0 saturated carbocycles. The first kappa shape index (κ1) is 17.4. The van der Waals surface area contributed by atoms with Gasteiger partial charge in [-0.2, -0.15) is 0 Å². The molecule has 0 aliphatic carbocycles. The molecule has 1 aromatic heterocycles. The first-order valence-corrected chi connectivity index (χ1v) is 9.18. The Hall–Kier alpha value is -3.02. The van der Waals surface area contributed by atoms with Crippen LogP contribution in [0, 0.1) is 6.92 Å². The predicted molar refractivity (Wildman–Crippen MR) is 103 cm³/mol. The molecule has 2 amide bonds. The molecule has 2 heterocycles. The van der Waals surface area contributed by atoms with Gasteiger partial charge in [-0.3, -0.25) is 0 Å². The molecule has 3 aromatic rings. The van der Waals surface area contributed by atoms with Gasteiger partial charge in [-0.15, -0.1) is 0 Å². The zero-order valence-corrected chi connectivity index (χ0v) is 15.6. The van der Waals surface area contributed by atoms with Crippen LogP contribution in [0.4, 0.5) is 4.79 Å². The van der Waals surface area contributed by atoms with Crippen molar-refractivity contribution < 1.29 is 14.1 Å². The molecule has 0 bridgehead atoms. The molecule has 1 fully saturated rings. The maximum absolute atomic E-state index is 12.7. The van der Waals surface area contributed by atoms with Crippen LogP contribution in [0.15, 0.2) is 47.0 Å². The van der Waals surface area contributed by atoms with E-state index in [0.29, 0.717) is 6.54 Å². The number of amides is 2. The second kappa shape index (κ2) is 7.31. The Morgan fingerprint density at radius 3 is 2.85 bits per heavy atom. The van der Waals surface area contributed by atoms with Gasteiger partial charge in [0, 0.05) is 19.2 Å². The van der Waals surface area contributed by atoms with Crippen LogP contribution in [0.5, 0.6) is 5.75 Å². The smallest absolute Gasteiger partial charge is 0.318 e. The molecular weight excluding hydrogens is 342 g/mol. The summed E-state index contributed by atoms with van der Waals surface area (Å²) in [6.45, 7) is 3.11. The summed E-state index contributed by atoms with van der Waals surface area (Å²) in [5.41, 5.74) is 1.90. The van der Waals surface area contributed by atoms with Crippen molar-refractivity contribution >= 4 is 16.8 Å². The zero-order valence-electron chi connectivity index (χ0n) is 15.6. The van der Waals surface area contributed by atoms with E-state index in [1.165, 1.54) is 0 Å². The number of rotatable bonds is 4. The fraction of sp³-hybridized carbons (Fsp3) is 0.333. The predicted octanol–water partition coefficient (Wildman–Crippen LogP) is 4.19. The lowest BCUT2D eigenvalue weighted by molar-refractivity contribution is 0.182. The van der Waals surface area contributed by atoms with E-state index in [1.54, 1.807) is 7.11 Å². The molecule has 27 heavy (non-hydrogen) atoms. The maximum atomic E-state index is 12.7. The summed E-state index contributed by atoms with van der Waals surface area (Å²) < 4.78 is 10.6. The summed E-state index contributed by atoms with van der Waals surface area (Å²) in [6.07, 6.45) is 1.87. The number of ether oxygens (including phenoxy) is 1. The number of methoxy groups -OCH3 is 1. The van der Waals surface area contributed by atoms with E-state index in [0.717, 1.165) is 52.9 Å². The molecule has 0 radical (unpaired) electrons. The fourth-order valence-electron chi connectivity index (χ4n) is 3.64. The Morgan fingerprint density at radius 2 is 2.07 bits per heavy atom. The van der Waals surface area contributed by atoms with Gasteiger partial charge in [-0.05, 0) is 54.3 Å². The van der Waals surface area contributed by atoms with E-state index in [-0.39, 0.29) is 12.1 Å². The molecule has 1 aliphatic rings. The van der Waals surface area contributed by atoms with Gasteiger partial charge in [0.2, 0.25) is 0 Å². The molecular formula is C21H23N3O3. The largest absolute Gasteiger partial charge is 0.497 e. The summed E-state index contributed by atoms with van der Waals surface area (Å²) in [6, 6.07) is 14.0. The molecule has 1 N–H and O–H groups in total. The molecule has 1 saturated heterocycles. The van der Waals surface area contributed by atoms with E-state index < -0.39 is 0 Å². The SMILES string of the molecule is COc1ccc2cc(CNC(=O)N3CCCC3c3cc(C)no3)ccc2c1. The highest BCUT2D eigenvalue weighted by Crippen LogP contribution is 2.32. The lowest BCUT2D eigenvalue weighted by atomic mass is 10.1. The highest BCUT2D eigenvalue weighted by atomic mass is 16.5. The minimum atomic E-state index is -0.0682. The third-order valence-corrected chi connectivity index (χ3v) is 5.04. The van der Waals surface area contributed by atoms with Crippen molar-refractivity contribution in [1.29, 1.82) is 0 Å². The second-order valence-electron chi connectivity index (χ2n) is 6.93. The molecule has 1 aliphatic heterocycles. The van der Waals surface area contributed by atoms with Gasteiger partial charge in [0.05, 0.1) is 18.8 Å². The van der Waals surface area contributed by atoms with Gasteiger partial charge in [-0.1, -0.05) is 23.4 Å². The molecule has 2 aromatic carbocycles. The van der Waals surface area contributed by atoms with Crippen molar-refractivity contribution in [3.8, 4) is 5.75 Å². The number of benzene rings is 2. The normalized spacial score (nSPS) is 16.7. The van der Waals surface area contributed by atoms with Crippen LogP contribution in [0.2, 0.25) is 0 Å². The first-order chi connectivity index (χ1) is 13.1. The minimum Gasteiger partial charge on any atom is -0.497 e. The van der Waals surface area contributed by atoms with Gasteiger partial charge < -0.3 is 19.5 Å². The van der Waals surface area contributed by atoms with E-state index in [2.05, 4.69) is 22.6 Å². The van der Waals surface area contributed by atoms with Gasteiger partial charge in [0.25, 0.3) is 0 Å². The number of nitrogens with one attached hydrogen (secondary N) is 1. The Kier molecular flexibility index (Phi) is 4.71. The van der Waals surface area contributed by atoms with Crippen LogP contribution in [-0.4, -0.2) is 29.7 Å². The zero-order chi connectivity index (χ0) is 18.8. The Bertz CT molecular complexity index is 966. The summed E-state index contributed by atoms with van der Waals surface area (Å²) in [5, 5.41) is 9.22. The maximum Gasteiger partial charge on any atom is 0.318 e. The average molecular weight is 365 g/mol. The van der Waals surface area contributed by atoms with Crippen molar-refractivity contribution in [1.82, 2.24) is 15.4 Å². The molecule has 140 valence electrons. The number of hydrogen-bond acceptors (Lipinski definition) is 4. The Labute approximate surface area is 158 Å². The minimum absolute atomic E-state index is 0.0322. The summed E-state index contributed by atoms with van der Waals surface area (Å²) >= 11 is 0. The highest BCUT2D eigenvalue weighted by Gasteiger charge is 2.32. The van der Waals surface area contributed by atoms with Crippen molar-refractivity contribution in [3.63, 3.8) is 0 Å². The lowest BCUT2D eigenvalue weighted by Crippen LogP contribution is -2.39. The average Bonchev–Trinajstić information content (AvgIpc) is 3.34. The van der Waals surface area contributed by atoms with Crippen LogP contribution >= 0.6 is 0 Å². The molecule has 0 spiro atoms. The van der Waals surface area contributed by atoms with Crippen LogP contribution in [-0.2, 0) is 6.54 Å². The van der Waals surface area contributed by atoms with Crippen LogP contribution in [0.25, 0.3) is 10.8 Å². The first-order valence-electron chi connectivity index (χ1n) is 9.18. The standard InChI is InChI=1S/C21H23N3O3/c1-14-10-20(27-23-14)19-4-3-9-24(19)21(25)22-13-15-5-6-17-12-18(26-2)8-7-16(17)11-15/h5-8,10-12,19H,3-4,9,13H2,1-2H3,(H,22,25). The number of hydrogen-bond donors (Lipinski definition) is 1. The van der Waals surface area contributed by atoms with Crippen molar-refractivity contribution in [2.75, 3.05) is 13.7 Å². The third-order valence-electron chi connectivity index (χ3n) is 5.04. The number of aromatic nitrogens is 1. The number of carbonyl (C=O) groups is 1. The number of likely N-dealkylation sites (tertiary alicyclic amines) is 1. The molecule has 6 nitrogen and oxygen atoms in total. The molecule has 1 atom stereocenters. The van der Waals surface area contributed by atoms with Crippen molar-refractivity contribution in [2.24, 2.45) is 0 Å². The third kappa shape index (κ3) is 3.60. The summed E-state index contributed by atoms with van der Waals surface area (Å²) in [5.74, 6) is 1.60. The lowest BCUT2D eigenvalue weighted by Gasteiger charge is -2.23. The van der Waals surface area contributed by atoms with Gasteiger partial charge in [0.1, 0.15) is 5.75 Å². The quantitative estimate of drug-likeness (QED) is 0.753. The number of fused-ring (bicyclic) bond motifs is 1. The van der Waals surface area contributed by atoms with Gasteiger partial charge >= 0.3 is 6.03 Å². The number of nitrogens with zero attached hydrogens (tertiary/aromatic N) is 2. The second-order valence-corrected chi connectivity index (χ2v) is 6.93. The highest BCUT2D eigenvalue weighted by molar-refractivity contribution is 5.84. The van der Waals surface area contributed by atoms with Crippen LogP contribution in [0.1, 0.15) is 35.9 Å². The number of aryl methyl sites for hydroxylation is 1. The van der Waals surface area contributed by atoms with Crippen molar-refractivity contribution in [3.05, 3.63) is 59.5 Å². The molecule has 6 heteroatoms. The van der Waals surface area contributed by atoms with Crippen LogP contribution in [0.3, 0.4) is 0 Å². The van der Waals surface area contributed by atoms with E-state index in [1.807, 2.05) is 42.2 Å². The summed E-state index contributed by atoms with van der Waals surface area (Å²) in [7, 11) is 1.66. The molecule has 1 unspecified atom stereocenters. The van der Waals surface area contributed by atoms with E-state index >= 15 is 0 Å². The monoisotopic (exact) mass is 365 g/mol. The van der Waals surface area contributed by atoms with E-state index in [4.69, 9.17) is 9.26 Å². The number of urea groups is 1. The molecule has 4 rings (SSSR count). The van der Waals surface area contributed by atoms with Gasteiger partial charge in [-0.25, -0.2) is 4.79 Å². The van der Waals surface area contributed by atoms with Crippen molar-refractivity contribution in [2.45, 2.75) is 32.4 Å². The Morgan fingerprint density at radius 1 is 1.26 bits per heavy atom.